The Morgan fingerprint density at radius 3 is 2.26 bits per heavy atom. The third-order valence-corrected chi connectivity index (χ3v) is 7.99. The molecule has 7 aromatic rings. The Labute approximate surface area is 242 Å². The second-order valence-electron chi connectivity index (χ2n) is 11.0. The smallest absolute Gasteiger partial charge is 0.293 e. The van der Waals surface area contributed by atoms with Gasteiger partial charge in [-0.1, -0.05) is 42.5 Å². The lowest BCUT2D eigenvalue weighted by Gasteiger charge is -2.16. The highest BCUT2D eigenvalue weighted by Crippen LogP contribution is 2.31. The molecule has 0 aliphatic heterocycles. The van der Waals surface area contributed by atoms with Gasteiger partial charge in [-0.3, -0.25) is 24.1 Å². The Kier molecular flexibility index (Phi) is 5.73. The largest absolute Gasteiger partial charge is 0.333 e. The molecule has 0 bridgehead atoms. The van der Waals surface area contributed by atoms with Crippen LogP contribution in [0.2, 0.25) is 0 Å². The molecule has 0 N–H and O–H groups in total. The summed E-state index contributed by atoms with van der Waals surface area (Å²) in [6, 6.07) is 30.2. The normalized spacial score (nSPS) is 11.8. The Morgan fingerprint density at radius 1 is 0.762 bits per heavy atom. The summed E-state index contributed by atoms with van der Waals surface area (Å²) in [7, 11) is 1.76. The first-order valence-corrected chi connectivity index (χ1v) is 13.7. The predicted octanol–water partition coefficient (Wildman–Crippen LogP) is 6.96. The van der Waals surface area contributed by atoms with Crippen LogP contribution in [0.3, 0.4) is 0 Å². The summed E-state index contributed by atoms with van der Waals surface area (Å²) >= 11 is 0. The lowest BCUT2D eigenvalue weighted by molar-refractivity contribution is 0.686. The second kappa shape index (κ2) is 9.50. The molecule has 4 aromatic heterocycles. The highest BCUT2D eigenvalue weighted by molar-refractivity contribution is 6.04. The van der Waals surface area contributed by atoms with E-state index in [2.05, 4.69) is 40.3 Å². The maximum absolute atomic E-state index is 13.5. The molecular formula is C35H26N6O. The number of benzene rings is 3. The average Bonchev–Trinajstić information content (AvgIpc) is 3.30. The van der Waals surface area contributed by atoms with Crippen molar-refractivity contribution in [2.45, 2.75) is 19.3 Å². The molecule has 0 saturated heterocycles. The first-order valence-electron chi connectivity index (χ1n) is 13.7. The molecule has 0 spiro atoms. The first kappa shape index (κ1) is 25.4. The van der Waals surface area contributed by atoms with Crippen molar-refractivity contribution in [3.63, 3.8) is 0 Å². The van der Waals surface area contributed by atoms with Gasteiger partial charge in [0.15, 0.2) is 0 Å². The van der Waals surface area contributed by atoms with Gasteiger partial charge in [0.2, 0.25) is 0 Å². The molecule has 7 rings (SSSR count). The van der Waals surface area contributed by atoms with Gasteiger partial charge < -0.3 is 0 Å². The number of hydrogen-bond donors (Lipinski definition) is 0. The Bertz CT molecular complexity index is 2250. The van der Waals surface area contributed by atoms with E-state index in [0.29, 0.717) is 0 Å². The van der Waals surface area contributed by atoms with Crippen molar-refractivity contribution in [3.8, 4) is 34.1 Å². The number of fused-ring (bicyclic) bond motifs is 4. The highest BCUT2D eigenvalue weighted by Gasteiger charge is 2.21. The minimum Gasteiger partial charge on any atom is -0.293 e. The fourth-order valence-electron chi connectivity index (χ4n) is 5.45. The van der Waals surface area contributed by atoms with Crippen LogP contribution in [0.25, 0.3) is 60.9 Å². The molecule has 0 aliphatic rings. The van der Waals surface area contributed by atoms with Crippen LogP contribution in [0, 0.1) is 11.3 Å². The number of aromatic nitrogens is 5. The van der Waals surface area contributed by atoms with Gasteiger partial charge in [-0.25, -0.2) is 4.79 Å². The minimum absolute atomic E-state index is 0.160. The molecule has 7 nitrogen and oxygen atoms in total. The van der Waals surface area contributed by atoms with Crippen molar-refractivity contribution in [3.05, 3.63) is 120 Å². The third-order valence-electron chi connectivity index (χ3n) is 7.99. The number of aryl methyl sites for hydroxylation is 1. The molecule has 3 aromatic carbocycles. The summed E-state index contributed by atoms with van der Waals surface area (Å²) in [4.78, 5) is 27.5. The fourth-order valence-corrected chi connectivity index (χ4v) is 5.45. The van der Waals surface area contributed by atoms with E-state index in [0.717, 1.165) is 66.5 Å². The molecule has 0 atom stereocenters. The van der Waals surface area contributed by atoms with Crippen molar-refractivity contribution < 1.29 is 0 Å². The molecule has 42 heavy (non-hydrogen) atoms. The SMILES string of the molecule is Cn1c(=O)n(-c2ccc(C(C)(C)C#N)cc2)c2c3cc(-c4ccc(-c5cnc6ccccc6c5)nc4)ccc3ncc21. The average molecular weight is 547 g/mol. The molecule has 0 unspecified atom stereocenters. The lowest BCUT2D eigenvalue weighted by atomic mass is 9.86. The van der Waals surface area contributed by atoms with Crippen LogP contribution in [0.5, 0.6) is 0 Å². The van der Waals surface area contributed by atoms with Crippen molar-refractivity contribution in [2.24, 2.45) is 7.05 Å². The van der Waals surface area contributed by atoms with Crippen molar-refractivity contribution in [1.29, 1.82) is 5.26 Å². The van der Waals surface area contributed by atoms with E-state index in [4.69, 9.17) is 4.98 Å². The summed E-state index contributed by atoms with van der Waals surface area (Å²) in [6.07, 6.45) is 5.47. The third kappa shape index (κ3) is 4.04. The molecule has 4 heterocycles. The molecule has 0 aliphatic carbocycles. The van der Waals surface area contributed by atoms with E-state index in [1.54, 1.807) is 22.4 Å². The summed E-state index contributed by atoms with van der Waals surface area (Å²) < 4.78 is 3.34. The van der Waals surface area contributed by atoms with Crippen LogP contribution in [0.1, 0.15) is 19.4 Å². The predicted molar refractivity (Wildman–Crippen MR) is 166 cm³/mol. The van der Waals surface area contributed by atoms with Gasteiger partial charge in [0, 0.05) is 41.3 Å². The maximum atomic E-state index is 13.5. The van der Waals surface area contributed by atoms with E-state index in [-0.39, 0.29) is 5.69 Å². The summed E-state index contributed by atoms with van der Waals surface area (Å²) in [5.74, 6) is 0. The zero-order valence-corrected chi connectivity index (χ0v) is 23.4. The van der Waals surface area contributed by atoms with Crippen molar-refractivity contribution in [1.82, 2.24) is 24.1 Å². The van der Waals surface area contributed by atoms with Gasteiger partial charge in [0.1, 0.15) is 0 Å². The molecular weight excluding hydrogens is 520 g/mol. The van der Waals surface area contributed by atoms with Crippen LogP contribution >= 0.6 is 0 Å². The number of rotatable bonds is 4. The standard InChI is InChI=1S/C35H26N6O/c1-35(2,21-36)26-10-12-27(13-11-26)41-33-28-17-22(8-15-31(28)39-20-32(33)40(3)34(41)42)24-9-14-30(37-18-24)25-16-23-6-4-5-7-29(23)38-19-25/h4-20H,1-3H3. The van der Waals surface area contributed by atoms with Gasteiger partial charge in [-0.15, -0.1) is 0 Å². The quantitative estimate of drug-likeness (QED) is 0.238. The van der Waals surface area contributed by atoms with Gasteiger partial charge >= 0.3 is 5.69 Å². The topological polar surface area (TPSA) is 89.4 Å². The van der Waals surface area contributed by atoms with Crippen LogP contribution in [0.15, 0.2) is 108 Å². The number of para-hydroxylation sites is 1. The molecule has 0 radical (unpaired) electrons. The van der Waals surface area contributed by atoms with Gasteiger partial charge in [0.05, 0.1) is 51.1 Å². The van der Waals surface area contributed by atoms with Crippen molar-refractivity contribution >= 4 is 32.8 Å². The molecule has 7 heteroatoms. The number of imidazole rings is 1. The van der Waals surface area contributed by atoms with E-state index in [9.17, 15) is 10.1 Å². The molecule has 0 fully saturated rings. The van der Waals surface area contributed by atoms with Gasteiger partial charge in [-0.2, -0.15) is 5.26 Å². The summed E-state index contributed by atoms with van der Waals surface area (Å²) in [6.45, 7) is 3.76. The molecule has 0 amide bonds. The minimum atomic E-state index is -0.623. The summed E-state index contributed by atoms with van der Waals surface area (Å²) in [5, 5.41) is 11.5. The highest BCUT2D eigenvalue weighted by atomic mass is 16.1. The van der Waals surface area contributed by atoms with Gasteiger partial charge in [0.25, 0.3) is 0 Å². The number of pyridine rings is 3. The molecule has 0 saturated carbocycles. The zero-order chi connectivity index (χ0) is 29.0. The Morgan fingerprint density at radius 2 is 1.50 bits per heavy atom. The number of nitriles is 1. The zero-order valence-electron chi connectivity index (χ0n) is 23.4. The van der Waals surface area contributed by atoms with Crippen LogP contribution in [-0.2, 0) is 12.5 Å². The van der Waals surface area contributed by atoms with Crippen molar-refractivity contribution in [2.75, 3.05) is 0 Å². The Balaban J connectivity index is 1.33. The number of nitrogens with zero attached hydrogens (tertiary/aromatic N) is 6. The van der Waals surface area contributed by atoms with E-state index in [1.807, 2.05) is 86.9 Å². The van der Waals surface area contributed by atoms with E-state index in [1.165, 1.54) is 0 Å². The lowest BCUT2D eigenvalue weighted by Crippen LogP contribution is -2.21. The van der Waals surface area contributed by atoms with Crippen LogP contribution in [0.4, 0.5) is 0 Å². The van der Waals surface area contributed by atoms with E-state index >= 15 is 0 Å². The fraction of sp³-hybridized carbons (Fsp3) is 0.114. The second-order valence-corrected chi connectivity index (χ2v) is 11.0. The maximum Gasteiger partial charge on any atom is 0.333 e. The monoisotopic (exact) mass is 546 g/mol. The number of hydrogen-bond acceptors (Lipinski definition) is 5. The van der Waals surface area contributed by atoms with Crippen LogP contribution < -0.4 is 5.69 Å². The molecule has 202 valence electrons. The van der Waals surface area contributed by atoms with Crippen LogP contribution in [-0.4, -0.2) is 24.1 Å². The first-order chi connectivity index (χ1) is 20.3. The van der Waals surface area contributed by atoms with E-state index < -0.39 is 5.41 Å². The Hall–Kier alpha value is -5.61. The van der Waals surface area contributed by atoms with Gasteiger partial charge in [-0.05, 0) is 67.4 Å². The summed E-state index contributed by atoms with van der Waals surface area (Å²) in [5.41, 5.74) is 7.85.